The summed E-state index contributed by atoms with van der Waals surface area (Å²) in [4.78, 5) is 7.84. The Morgan fingerprint density at radius 3 is 1.51 bits per heavy atom. The van der Waals surface area contributed by atoms with Gasteiger partial charge in [-0.05, 0) is 152 Å². The lowest BCUT2D eigenvalue weighted by atomic mass is 10.2. The van der Waals surface area contributed by atoms with E-state index in [1.54, 1.807) is 25.3 Å². The van der Waals surface area contributed by atoms with E-state index in [-0.39, 0.29) is 27.0 Å². The third-order valence-corrected chi connectivity index (χ3v) is 9.97. The molecule has 0 aliphatic heterocycles. The zero-order valence-corrected chi connectivity index (χ0v) is 31.0. The van der Waals surface area contributed by atoms with Crippen LogP contribution < -0.4 is 14.2 Å². The molecule has 0 amide bonds. The minimum atomic E-state index is -4.30. The van der Waals surface area contributed by atoms with Crippen molar-refractivity contribution in [1.82, 2.24) is 4.98 Å². The molecule has 0 atom stereocenters. The highest BCUT2D eigenvalue weighted by Gasteiger charge is 2.29. The molecule has 49 heavy (non-hydrogen) atoms. The number of aryl methyl sites for hydroxylation is 2. The molecule has 0 spiro atoms. The first kappa shape index (κ1) is 37.5. The summed E-state index contributed by atoms with van der Waals surface area (Å²) in [7, 11) is -4.60. The summed E-state index contributed by atoms with van der Waals surface area (Å²) >= 11 is 0. The van der Waals surface area contributed by atoms with Gasteiger partial charge in [0.2, 0.25) is 0 Å². The Kier molecular flexibility index (Phi) is 12.2. The summed E-state index contributed by atoms with van der Waals surface area (Å²) in [5.41, 5.74) is 1.88. The number of rotatable bonds is 9. The van der Waals surface area contributed by atoms with Crippen LogP contribution in [-0.2, 0) is 27.6 Å². The highest BCUT2D eigenvalue weighted by Crippen LogP contribution is 2.35. The molecule has 0 radical (unpaired) electrons. The fourth-order valence-electron chi connectivity index (χ4n) is 4.80. The van der Waals surface area contributed by atoms with Gasteiger partial charge in [-0.1, -0.05) is 23.8 Å². The lowest BCUT2D eigenvalue weighted by molar-refractivity contribution is 0.130. The molecule has 5 aromatic rings. The number of hydrogen-bond donors (Lipinski definition) is 0. The van der Waals surface area contributed by atoms with Gasteiger partial charge < -0.3 is 18.8 Å². The number of hydrogen-bond acceptors (Lipinski definition) is 7. The van der Waals surface area contributed by atoms with Crippen molar-refractivity contribution in [3.63, 3.8) is 0 Å². The van der Waals surface area contributed by atoms with Crippen molar-refractivity contribution in [2.75, 3.05) is 0 Å². The Morgan fingerprint density at radius 1 is 0.653 bits per heavy atom. The van der Waals surface area contributed by atoms with E-state index in [0.717, 1.165) is 28.5 Å². The predicted molar refractivity (Wildman–Crippen MR) is 195 cm³/mol. The van der Waals surface area contributed by atoms with Gasteiger partial charge in [-0.3, -0.25) is 4.98 Å². The molecule has 0 N–H and O–H groups in total. The van der Waals surface area contributed by atoms with Gasteiger partial charge in [0.05, 0.1) is 21.5 Å². The second-order valence-electron chi connectivity index (χ2n) is 13.5. The van der Waals surface area contributed by atoms with E-state index >= 15 is 0 Å². The monoisotopic (exact) mass is 699 g/mol. The zero-order valence-electron chi connectivity index (χ0n) is 29.4. The van der Waals surface area contributed by atoms with E-state index < -0.39 is 10.1 Å². The number of nitrogens with zero attached hydrogens (tertiary/aromatic N) is 1. The SMILES string of the molecule is CC(C)(C)Oc1ccc([S+](c2ccc(OCc3ccccn3)cc2)c2ccc(OC(C)(C)C)cc2)cc1.Cc1ccc(S(=O)(=O)[O-])c(C)c1. The maximum Gasteiger partial charge on any atom is 0.166 e. The third-order valence-electron chi connectivity index (χ3n) is 6.74. The first-order valence-electron chi connectivity index (χ1n) is 16.0. The molecular formula is C40H45NO6S2. The number of aromatic nitrogens is 1. The Balaban J connectivity index is 0.000000380. The summed E-state index contributed by atoms with van der Waals surface area (Å²) in [6.45, 7) is 16.2. The smallest absolute Gasteiger partial charge is 0.166 e. The molecule has 5 rings (SSSR count). The fourth-order valence-corrected chi connectivity index (χ4v) is 7.52. The Morgan fingerprint density at radius 2 is 1.12 bits per heavy atom. The van der Waals surface area contributed by atoms with E-state index in [0.29, 0.717) is 12.2 Å². The topological polar surface area (TPSA) is 97.8 Å². The van der Waals surface area contributed by atoms with Gasteiger partial charge in [-0.25, -0.2) is 8.42 Å². The minimum absolute atomic E-state index is 0.131. The Hall–Kier alpha value is -4.31. The Labute approximate surface area is 294 Å². The van der Waals surface area contributed by atoms with Gasteiger partial charge in [-0.2, -0.15) is 0 Å². The molecule has 4 aromatic carbocycles. The molecule has 0 bridgehead atoms. The normalized spacial score (nSPS) is 11.8. The van der Waals surface area contributed by atoms with Crippen LogP contribution in [0.25, 0.3) is 0 Å². The maximum atomic E-state index is 10.6. The summed E-state index contributed by atoms with van der Waals surface area (Å²) in [6, 6.07) is 35.7. The standard InChI is InChI=1S/C32H36NO3S.C8H10O3S/c1-31(2,3)35-26-12-18-29(19-13-26)37(30-20-14-27(15-21-30)36-32(4,5)6)28-16-10-25(11-17-28)34-23-24-9-7-8-22-33-24;1-6-3-4-8(7(2)5-6)12(9,10)11/h7-22H,23H2,1-6H3;3-5H,1-2H3,(H,9,10,11)/q+1;/p-1. The molecule has 9 heteroatoms. The molecule has 0 saturated heterocycles. The lowest BCUT2D eigenvalue weighted by Gasteiger charge is -2.21. The van der Waals surface area contributed by atoms with Crippen molar-refractivity contribution in [2.45, 2.75) is 92.8 Å². The second kappa shape index (κ2) is 15.9. The predicted octanol–water partition coefficient (Wildman–Crippen LogP) is 9.32. The molecule has 1 heterocycles. The third kappa shape index (κ3) is 12.0. The summed E-state index contributed by atoms with van der Waals surface area (Å²) in [5.74, 6) is 2.56. The van der Waals surface area contributed by atoms with Gasteiger partial charge in [0, 0.05) is 6.20 Å². The van der Waals surface area contributed by atoms with Crippen LogP contribution in [0.2, 0.25) is 0 Å². The zero-order chi connectivity index (χ0) is 35.8. The Bertz CT molecular complexity index is 1840. The summed E-state index contributed by atoms with van der Waals surface area (Å²) in [6.07, 6.45) is 1.78. The second-order valence-corrected chi connectivity index (χ2v) is 16.9. The molecule has 7 nitrogen and oxygen atoms in total. The molecule has 258 valence electrons. The van der Waals surface area contributed by atoms with Gasteiger partial charge >= 0.3 is 0 Å². The molecule has 0 aliphatic carbocycles. The molecule has 0 fully saturated rings. The summed E-state index contributed by atoms with van der Waals surface area (Å²) < 4.78 is 49.9. The van der Waals surface area contributed by atoms with Gasteiger partial charge in [-0.15, -0.1) is 0 Å². The highest BCUT2D eigenvalue weighted by atomic mass is 32.2. The van der Waals surface area contributed by atoms with Crippen LogP contribution in [-0.4, -0.2) is 29.2 Å². The van der Waals surface area contributed by atoms with Crippen molar-refractivity contribution >= 4 is 21.0 Å². The van der Waals surface area contributed by atoms with E-state index in [2.05, 4.69) is 107 Å². The van der Waals surface area contributed by atoms with Crippen LogP contribution in [0.3, 0.4) is 0 Å². The molecule has 0 unspecified atom stereocenters. The maximum absolute atomic E-state index is 10.6. The molecule has 0 saturated carbocycles. The molecule has 0 aliphatic rings. The van der Waals surface area contributed by atoms with E-state index in [1.165, 1.54) is 20.8 Å². The van der Waals surface area contributed by atoms with Crippen molar-refractivity contribution in [3.05, 3.63) is 132 Å². The molecule has 1 aromatic heterocycles. The summed E-state index contributed by atoms with van der Waals surface area (Å²) in [5, 5.41) is 0. The van der Waals surface area contributed by atoms with Crippen LogP contribution in [0.1, 0.15) is 58.4 Å². The van der Waals surface area contributed by atoms with Crippen molar-refractivity contribution in [1.29, 1.82) is 0 Å². The van der Waals surface area contributed by atoms with E-state index in [9.17, 15) is 13.0 Å². The van der Waals surface area contributed by atoms with Crippen molar-refractivity contribution in [3.8, 4) is 17.2 Å². The van der Waals surface area contributed by atoms with Crippen LogP contribution in [0.5, 0.6) is 17.2 Å². The quantitative estimate of drug-likeness (QED) is 0.112. The number of pyridine rings is 1. The van der Waals surface area contributed by atoms with Crippen LogP contribution in [0.15, 0.2) is 135 Å². The van der Waals surface area contributed by atoms with Crippen LogP contribution in [0, 0.1) is 13.8 Å². The number of ether oxygens (including phenoxy) is 3. The van der Waals surface area contributed by atoms with Gasteiger partial charge in [0.15, 0.2) is 14.7 Å². The van der Waals surface area contributed by atoms with Crippen molar-refractivity contribution < 1.29 is 27.2 Å². The van der Waals surface area contributed by atoms with Gasteiger partial charge in [0.25, 0.3) is 0 Å². The van der Waals surface area contributed by atoms with E-state index in [1.807, 2.05) is 37.3 Å². The first-order valence-corrected chi connectivity index (χ1v) is 18.6. The highest BCUT2D eigenvalue weighted by molar-refractivity contribution is 7.97. The van der Waals surface area contributed by atoms with Crippen LogP contribution >= 0.6 is 0 Å². The van der Waals surface area contributed by atoms with Crippen LogP contribution in [0.4, 0.5) is 0 Å². The number of benzene rings is 4. The van der Waals surface area contributed by atoms with Gasteiger partial charge in [0.1, 0.15) is 45.2 Å². The largest absolute Gasteiger partial charge is 0.744 e. The first-order chi connectivity index (χ1) is 23.0. The molecular weight excluding hydrogens is 655 g/mol. The average Bonchev–Trinajstić information content (AvgIpc) is 3.01. The minimum Gasteiger partial charge on any atom is -0.744 e. The lowest BCUT2D eigenvalue weighted by Crippen LogP contribution is -2.23. The van der Waals surface area contributed by atoms with Crippen molar-refractivity contribution in [2.24, 2.45) is 0 Å². The van der Waals surface area contributed by atoms with E-state index in [4.69, 9.17) is 14.2 Å². The average molecular weight is 700 g/mol. The fraction of sp³-hybridized carbons (Fsp3) is 0.275.